The van der Waals surface area contributed by atoms with Crippen LogP contribution in [-0.2, 0) is 4.79 Å². The van der Waals surface area contributed by atoms with Crippen molar-refractivity contribution in [2.45, 2.75) is 0 Å². The minimum atomic E-state index is -0.674. The molecule has 3 aromatic carbocycles. The zero-order chi connectivity index (χ0) is 23.4. The lowest BCUT2D eigenvalue weighted by Gasteiger charge is -2.12. The Hall–Kier alpha value is -1.01. The number of hydrogen-bond acceptors (Lipinski definition) is 6. The van der Waals surface area contributed by atoms with Crippen molar-refractivity contribution in [1.82, 2.24) is 0 Å². The van der Waals surface area contributed by atoms with E-state index in [1.165, 1.54) is 24.3 Å². The second-order valence-corrected chi connectivity index (χ2v) is 10.9. The van der Waals surface area contributed by atoms with Gasteiger partial charge in [-0.25, -0.2) is 4.79 Å². The number of para-hydroxylation sites is 1. The lowest BCUT2D eigenvalue weighted by atomic mass is 10.0. The number of rotatable bonds is 7. The van der Waals surface area contributed by atoms with Gasteiger partial charge in [-0.2, -0.15) is 0 Å². The third-order valence-electron chi connectivity index (χ3n) is 4.06. The van der Waals surface area contributed by atoms with Crippen LogP contribution in [-0.4, -0.2) is 29.2 Å². The zero-order valence-electron chi connectivity index (χ0n) is 15.9. The van der Waals surface area contributed by atoms with Crippen LogP contribution < -0.4 is 9.47 Å². The first-order chi connectivity index (χ1) is 15.2. The molecule has 32 heavy (non-hydrogen) atoms. The molecule has 0 bridgehead atoms. The normalized spacial score (nSPS) is 10.5. The van der Waals surface area contributed by atoms with Crippen LogP contribution in [0.1, 0.15) is 20.7 Å². The molecule has 0 saturated carbocycles. The second kappa shape index (κ2) is 11.4. The van der Waals surface area contributed by atoms with E-state index in [4.69, 9.17) is 9.47 Å². The Morgan fingerprint density at radius 2 is 1.22 bits per heavy atom. The van der Waals surface area contributed by atoms with E-state index in [9.17, 15) is 19.5 Å². The molecule has 1 N–H and O–H groups in total. The van der Waals surface area contributed by atoms with Crippen LogP contribution in [0, 0.1) is 14.3 Å². The highest BCUT2D eigenvalue weighted by Gasteiger charge is 2.23. The average molecular weight is 880 g/mol. The first kappa shape index (κ1) is 25.6. The molecule has 0 aliphatic heterocycles. The summed E-state index contributed by atoms with van der Waals surface area (Å²) in [4.78, 5) is 37.6. The number of Topliss-reactive ketones (excluding diaryl/α,β-unsaturated/α-hetero) is 2. The molecule has 6 nitrogen and oxygen atoms in total. The fraction of sp³-hybridized carbons (Fsp3) is 0.0455. The SMILES string of the molecule is O=C(COc1c(I)cc(C(=O)C(=O)c2cc(I)c(O)c(I)c2)cc1I)Oc1ccccc1. The molecule has 164 valence electrons. The summed E-state index contributed by atoms with van der Waals surface area (Å²) in [5.41, 5.74) is 0.414. The van der Waals surface area contributed by atoms with E-state index in [1.54, 1.807) is 24.3 Å². The molecule has 0 aromatic heterocycles. The molecule has 3 aromatic rings. The van der Waals surface area contributed by atoms with E-state index >= 15 is 0 Å². The monoisotopic (exact) mass is 880 g/mol. The van der Waals surface area contributed by atoms with Gasteiger partial charge in [-0.1, -0.05) is 18.2 Å². The fourth-order valence-electron chi connectivity index (χ4n) is 2.57. The predicted molar refractivity (Wildman–Crippen MR) is 152 cm³/mol. The summed E-state index contributed by atoms with van der Waals surface area (Å²) in [7, 11) is 0. The van der Waals surface area contributed by atoms with E-state index in [0.717, 1.165) is 0 Å². The summed E-state index contributed by atoms with van der Waals surface area (Å²) in [5, 5.41) is 9.88. The van der Waals surface area contributed by atoms with Crippen LogP contribution in [0.4, 0.5) is 0 Å². The molecule has 0 radical (unpaired) electrons. The van der Waals surface area contributed by atoms with Gasteiger partial charge in [0.25, 0.3) is 0 Å². The lowest BCUT2D eigenvalue weighted by Crippen LogP contribution is -2.19. The molecular weight excluding hydrogens is 868 g/mol. The van der Waals surface area contributed by atoms with Gasteiger partial charge in [0.15, 0.2) is 6.61 Å². The van der Waals surface area contributed by atoms with E-state index in [2.05, 4.69) is 0 Å². The van der Waals surface area contributed by atoms with E-state index in [0.29, 0.717) is 25.8 Å². The molecular formula is C22H12I4O6. The number of carbonyl (C=O) groups excluding carboxylic acids is 3. The maximum Gasteiger partial charge on any atom is 0.349 e. The summed E-state index contributed by atoms with van der Waals surface area (Å²) >= 11 is 7.79. The Balaban J connectivity index is 1.74. The van der Waals surface area contributed by atoms with Crippen molar-refractivity contribution in [3.8, 4) is 17.2 Å². The molecule has 0 aliphatic rings. The lowest BCUT2D eigenvalue weighted by molar-refractivity contribution is -0.136. The Kier molecular flexibility index (Phi) is 9.14. The van der Waals surface area contributed by atoms with Gasteiger partial charge in [0.05, 0.1) is 14.3 Å². The summed E-state index contributed by atoms with van der Waals surface area (Å²) in [5.74, 6) is -0.987. The van der Waals surface area contributed by atoms with Crippen LogP contribution >= 0.6 is 90.4 Å². The molecule has 0 fully saturated rings. The molecule has 0 saturated heterocycles. The number of halogens is 4. The molecule has 0 unspecified atom stereocenters. The van der Waals surface area contributed by atoms with Crippen molar-refractivity contribution >= 4 is 108 Å². The largest absolute Gasteiger partial charge is 0.506 e. The number of carbonyl (C=O) groups is 3. The highest BCUT2D eigenvalue weighted by Crippen LogP contribution is 2.31. The van der Waals surface area contributed by atoms with Gasteiger partial charge in [-0.05, 0) is 127 Å². The van der Waals surface area contributed by atoms with Crippen molar-refractivity contribution in [2.24, 2.45) is 0 Å². The fourth-order valence-corrected chi connectivity index (χ4v) is 6.42. The molecule has 3 rings (SSSR count). The zero-order valence-corrected chi connectivity index (χ0v) is 24.5. The van der Waals surface area contributed by atoms with Crippen molar-refractivity contribution in [3.05, 3.63) is 80.0 Å². The van der Waals surface area contributed by atoms with Crippen LogP contribution in [0.3, 0.4) is 0 Å². The Morgan fingerprint density at radius 3 is 1.72 bits per heavy atom. The Morgan fingerprint density at radius 1 is 0.750 bits per heavy atom. The third-order valence-corrected chi connectivity index (χ3v) is 7.30. The topological polar surface area (TPSA) is 89.9 Å². The number of benzene rings is 3. The highest BCUT2D eigenvalue weighted by molar-refractivity contribution is 14.1. The van der Waals surface area contributed by atoms with Gasteiger partial charge in [0, 0.05) is 11.1 Å². The number of aromatic hydroxyl groups is 1. The Labute approximate surface area is 238 Å². The number of ether oxygens (including phenoxy) is 2. The smallest absolute Gasteiger partial charge is 0.349 e. The quantitative estimate of drug-likeness (QED) is 0.105. The standard InChI is InChI=1S/C22H12I4O6/c23-14-6-11(7-15(24)21(14)30)19(28)20(29)12-8-16(25)22(17(26)9-12)31-10-18(27)32-13-4-2-1-3-5-13/h1-9,30H,10H2. The van der Waals surface area contributed by atoms with Crippen molar-refractivity contribution in [1.29, 1.82) is 0 Å². The van der Waals surface area contributed by atoms with Crippen molar-refractivity contribution in [3.63, 3.8) is 0 Å². The predicted octanol–water partition coefficient (Wildman–Crippen LogP) is 5.86. The number of phenols is 1. The minimum Gasteiger partial charge on any atom is -0.506 e. The maximum absolute atomic E-state index is 12.8. The second-order valence-electron chi connectivity index (χ2n) is 6.29. The van der Waals surface area contributed by atoms with Gasteiger partial charge in [-0.15, -0.1) is 0 Å². The van der Waals surface area contributed by atoms with Gasteiger partial charge < -0.3 is 14.6 Å². The van der Waals surface area contributed by atoms with E-state index < -0.39 is 17.5 Å². The minimum absolute atomic E-state index is 0.0755. The number of hydrogen-bond donors (Lipinski definition) is 1. The van der Waals surface area contributed by atoms with Crippen LogP contribution in [0.25, 0.3) is 0 Å². The van der Waals surface area contributed by atoms with Crippen LogP contribution in [0.5, 0.6) is 17.2 Å². The summed E-state index contributed by atoms with van der Waals surface area (Å²) in [6, 6.07) is 14.7. The Bertz CT molecular complexity index is 1160. The summed E-state index contributed by atoms with van der Waals surface area (Å²) < 4.78 is 12.9. The summed E-state index contributed by atoms with van der Waals surface area (Å²) in [6.07, 6.45) is 0. The average Bonchev–Trinajstić information content (AvgIpc) is 2.76. The third kappa shape index (κ3) is 6.31. The van der Waals surface area contributed by atoms with Gasteiger partial charge in [0.2, 0.25) is 11.6 Å². The van der Waals surface area contributed by atoms with Crippen molar-refractivity contribution in [2.75, 3.05) is 6.61 Å². The number of ketones is 2. The molecule has 0 aliphatic carbocycles. The van der Waals surface area contributed by atoms with Gasteiger partial charge in [0.1, 0.15) is 17.2 Å². The molecule has 10 heteroatoms. The van der Waals surface area contributed by atoms with Crippen LogP contribution in [0.15, 0.2) is 54.6 Å². The highest BCUT2D eigenvalue weighted by atomic mass is 127. The van der Waals surface area contributed by atoms with Gasteiger partial charge >= 0.3 is 5.97 Å². The molecule has 0 amide bonds. The van der Waals surface area contributed by atoms with Crippen molar-refractivity contribution < 1.29 is 29.0 Å². The van der Waals surface area contributed by atoms with Crippen LogP contribution in [0.2, 0.25) is 0 Å². The number of phenolic OH excluding ortho intramolecular Hbond substituents is 1. The first-order valence-corrected chi connectivity index (χ1v) is 13.1. The summed E-state index contributed by atoms with van der Waals surface area (Å²) in [6.45, 7) is -0.308. The molecule has 0 spiro atoms. The van der Waals surface area contributed by atoms with E-state index in [-0.39, 0.29) is 23.5 Å². The number of esters is 1. The van der Waals surface area contributed by atoms with E-state index in [1.807, 2.05) is 96.4 Å². The molecule has 0 atom stereocenters. The molecule has 0 heterocycles. The maximum atomic E-state index is 12.8. The van der Waals surface area contributed by atoms with Gasteiger partial charge in [-0.3, -0.25) is 9.59 Å². The first-order valence-electron chi connectivity index (χ1n) is 8.82.